The second-order valence-electron chi connectivity index (χ2n) is 6.57. The van der Waals surface area contributed by atoms with Gasteiger partial charge in [-0.1, -0.05) is 0 Å². The quantitative estimate of drug-likeness (QED) is 0.495. The summed E-state index contributed by atoms with van der Waals surface area (Å²) in [6.07, 6.45) is 3.15. The predicted octanol–water partition coefficient (Wildman–Crippen LogP) is 1.71. The van der Waals surface area contributed by atoms with Gasteiger partial charge in [-0.05, 0) is 67.2 Å². The average Bonchev–Trinajstić information content (AvgIpc) is 3.05. The number of benzene rings is 1. The van der Waals surface area contributed by atoms with E-state index in [2.05, 4.69) is 28.6 Å². The monoisotopic (exact) mass is 471 g/mol. The maximum absolute atomic E-state index is 12.5. The molecule has 0 aliphatic carbocycles. The molecule has 2 rings (SSSR count). The molecule has 1 aliphatic rings. The van der Waals surface area contributed by atoms with Crippen molar-refractivity contribution < 1.29 is 70.4 Å². The minimum Gasteiger partial charge on any atom is -0.796 e. The topological polar surface area (TPSA) is 48.0 Å². The fourth-order valence-corrected chi connectivity index (χ4v) is 3.29. The zero-order valence-electron chi connectivity index (χ0n) is 16.7. The van der Waals surface area contributed by atoms with Crippen molar-refractivity contribution in [1.82, 2.24) is 4.90 Å². The van der Waals surface area contributed by atoms with Crippen molar-refractivity contribution in [2.45, 2.75) is 45.3 Å². The third kappa shape index (κ3) is 7.18. The molecule has 1 aromatic carbocycles. The number of nitrogens with zero attached hydrogens (tertiary/aromatic N) is 1. The van der Waals surface area contributed by atoms with Crippen LogP contribution in [0, 0.1) is 0 Å². The Kier molecular flexibility index (Phi) is 12.5. The Labute approximate surface area is 213 Å². The van der Waals surface area contributed by atoms with Crippen LogP contribution in [-0.4, -0.2) is 43.6 Å². The molecule has 8 heteroatoms. The summed E-state index contributed by atoms with van der Waals surface area (Å²) in [4.78, 5) is 14.2. The van der Waals surface area contributed by atoms with Crippen LogP contribution < -0.4 is 60.9 Å². The molecule has 142 valence electrons. The summed E-state index contributed by atoms with van der Waals surface area (Å²) >= 11 is 7.56. The largest absolute Gasteiger partial charge is 1.00 e. The van der Waals surface area contributed by atoms with E-state index in [1.807, 2.05) is 32.9 Å². The van der Waals surface area contributed by atoms with Crippen LogP contribution in [0.25, 0.3) is 0 Å². The summed E-state index contributed by atoms with van der Waals surface area (Å²) in [6.45, 7) is 6.32. The van der Waals surface area contributed by atoms with Crippen molar-refractivity contribution >= 4 is 34.7 Å². The Balaban J connectivity index is 0.00000201. The van der Waals surface area contributed by atoms with E-state index >= 15 is 0 Å². The number of amides is 1. The predicted molar refractivity (Wildman–Crippen MR) is 105 cm³/mol. The molecule has 1 aromatic rings. The molecule has 0 radical (unpaired) electrons. The average molecular weight is 472 g/mol. The van der Waals surface area contributed by atoms with Crippen molar-refractivity contribution in [3.63, 3.8) is 0 Å². The normalized spacial score (nSPS) is 16.2. The van der Waals surface area contributed by atoms with E-state index in [1.165, 1.54) is 0 Å². The first kappa shape index (κ1) is 26.6. The van der Waals surface area contributed by atoms with Crippen LogP contribution in [0.5, 0.6) is 11.5 Å². The number of rotatable bonds is 3. The third-order valence-corrected chi connectivity index (χ3v) is 4.52. The van der Waals surface area contributed by atoms with Crippen LogP contribution in [0.15, 0.2) is 16.6 Å². The number of likely N-dealkylation sites (tertiary alicyclic amines) is 1. The number of methoxy groups -OCH3 is 2. The molecule has 0 saturated carbocycles. The van der Waals surface area contributed by atoms with Crippen molar-refractivity contribution in [1.29, 1.82) is 0 Å². The molecule has 0 spiro atoms. The Hall–Kier alpha value is 0.556. The Morgan fingerprint density at radius 2 is 1.69 bits per heavy atom. The summed E-state index contributed by atoms with van der Waals surface area (Å²) in [6, 6.07) is 3.86. The number of halogens is 1. The smallest absolute Gasteiger partial charge is 0.796 e. The van der Waals surface area contributed by atoms with Gasteiger partial charge in [-0.3, -0.25) is 0 Å². The van der Waals surface area contributed by atoms with Gasteiger partial charge in [0.1, 0.15) is 21.6 Å². The van der Waals surface area contributed by atoms with Gasteiger partial charge in [0.2, 0.25) is 0 Å². The number of carbonyl (C=O) groups excluding carboxylic acids is 1. The molecule has 0 N–H and O–H groups in total. The molecular formula is C18H27BrKNO4S. The zero-order valence-corrected chi connectivity index (χ0v) is 22.2. The van der Waals surface area contributed by atoms with Gasteiger partial charge in [0.05, 0.1) is 20.3 Å². The van der Waals surface area contributed by atoms with Crippen molar-refractivity contribution in [2.24, 2.45) is 0 Å². The third-order valence-electron chi connectivity index (χ3n) is 3.73. The summed E-state index contributed by atoms with van der Waals surface area (Å²) in [7, 11) is 3.23. The Morgan fingerprint density at radius 1 is 1.19 bits per heavy atom. The van der Waals surface area contributed by atoms with E-state index in [-0.39, 0.29) is 63.5 Å². The van der Waals surface area contributed by atoms with Gasteiger partial charge in [-0.25, -0.2) is 4.79 Å². The molecule has 0 bridgehead atoms. The van der Waals surface area contributed by atoms with Gasteiger partial charge < -0.3 is 31.7 Å². The first-order valence-electron chi connectivity index (χ1n) is 8.08. The van der Waals surface area contributed by atoms with E-state index in [0.717, 1.165) is 22.9 Å². The standard InChI is InChI=1S/C17H24BrNO4.CH4S.K/c1-17(2,3)23-16(20)19-8-6-7-12(19)11-9-13(21-4)15(18)14(10-11)22-5;1-2;/h9-10,12H,6-8H2,1-5H3;2H,1H3;/q;;+1/p-1. The molecule has 1 fully saturated rings. The first-order chi connectivity index (χ1) is 11.8. The Bertz CT molecular complexity index is 570. The van der Waals surface area contributed by atoms with E-state index < -0.39 is 5.60 Å². The van der Waals surface area contributed by atoms with Gasteiger partial charge in [0, 0.05) is 6.54 Å². The fraction of sp³-hybridized carbons (Fsp3) is 0.611. The maximum Gasteiger partial charge on any atom is 1.00 e. The summed E-state index contributed by atoms with van der Waals surface area (Å²) in [5.74, 6) is 1.38. The Morgan fingerprint density at radius 3 is 2.12 bits per heavy atom. The van der Waals surface area contributed by atoms with Crippen LogP contribution in [0.2, 0.25) is 0 Å². The molecule has 0 aromatic heterocycles. The molecule has 26 heavy (non-hydrogen) atoms. The van der Waals surface area contributed by atoms with Gasteiger partial charge >= 0.3 is 57.5 Å². The number of carbonyl (C=O) groups is 1. The summed E-state index contributed by atoms with van der Waals surface area (Å²) in [5, 5.41) is 0. The molecule has 1 amide bonds. The van der Waals surface area contributed by atoms with Crippen LogP contribution >= 0.6 is 15.9 Å². The van der Waals surface area contributed by atoms with Crippen LogP contribution in [0.4, 0.5) is 4.79 Å². The number of hydrogen-bond acceptors (Lipinski definition) is 5. The SMILES string of the molecule is COc1cc(C2CCCN2C(=O)OC(C)(C)C)cc(OC)c1Br.C[S-].[K+]. The first-order valence-corrected chi connectivity index (χ1v) is 9.69. The molecule has 5 nitrogen and oxygen atoms in total. The van der Waals surface area contributed by atoms with Gasteiger partial charge in [-0.2, -0.15) is 6.26 Å². The molecular weight excluding hydrogens is 445 g/mol. The number of ether oxygens (including phenoxy) is 3. The van der Waals surface area contributed by atoms with E-state index in [4.69, 9.17) is 14.2 Å². The molecule has 1 heterocycles. The fourth-order valence-electron chi connectivity index (χ4n) is 2.73. The van der Waals surface area contributed by atoms with E-state index in [9.17, 15) is 4.79 Å². The van der Waals surface area contributed by atoms with Crippen LogP contribution in [0.3, 0.4) is 0 Å². The van der Waals surface area contributed by atoms with Crippen LogP contribution in [0.1, 0.15) is 45.2 Å². The van der Waals surface area contributed by atoms with Crippen molar-refractivity contribution in [2.75, 3.05) is 27.0 Å². The van der Waals surface area contributed by atoms with Crippen LogP contribution in [-0.2, 0) is 17.4 Å². The van der Waals surface area contributed by atoms with Gasteiger partial charge in [0.25, 0.3) is 0 Å². The number of hydrogen-bond donors (Lipinski definition) is 0. The molecule has 1 atom stereocenters. The minimum absolute atomic E-state index is 0. The van der Waals surface area contributed by atoms with E-state index in [1.54, 1.807) is 25.4 Å². The van der Waals surface area contributed by atoms with Gasteiger partial charge in [0.15, 0.2) is 0 Å². The minimum atomic E-state index is -0.501. The van der Waals surface area contributed by atoms with Crippen molar-refractivity contribution in [3.05, 3.63) is 22.2 Å². The van der Waals surface area contributed by atoms with E-state index in [0.29, 0.717) is 18.0 Å². The zero-order chi connectivity index (χ0) is 19.2. The summed E-state index contributed by atoms with van der Waals surface area (Å²) < 4.78 is 17.1. The summed E-state index contributed by atoms with van der Waals surface area (Å²) in [5.41, 5.74) is 0.490. The second-order valence-corrected chi connectivity index (χ2v) is 7.36. The second kappa shape index (κ2) is 12.2. The van der Waals surface area contributed by atoms with Crippen molar-refractivity contribution in [3.8, 4) is 11.5 Å². The molecule has 1 aliphatic heterocycles. The molecule has 1 unspecified atom stereocenters. The van der Waals surface area contributed by atoms with Gasteiger partial charge in [-0.15, -0.1) is 0 Å². The molecule has 1 saturated heterocycles. The maximum atomic E-state index is 12.5.